The first kappa shape index (κ1) is 18.5. The lowest BCUT2D eigenvalue weighted by Crippen LogP contribution is -2.11. The molecule has 0 radical (unpaired) electrons. The zero-order valence-electron chi connectivity index (χ0n) is 14.9. The summed E-state index contributed by atoms with van der Waals surface area (Å²) in [6.07, 6.45) is 1.65. The van der Waals surface area contributed by atoms with Crippen LogP contribution in [-0.2, 0) is 4.74 Å². The SMILES string of the molecule is COCCOc1ncc2nc(C)nc(NC(C)c3cccc(Br)c3)c2n1. The van der Waals surface area contributed by atoms with Crippen LogP contribution in [0.5, 0.6) is 6.01 Å². The third-order valence-electron chi connectivity index (χ3n) is 3.75. The van der Waals surface area contributed by atoms with Crippen LogP contribution in [0.15, 0.2) is 34.9 Å². The van der Waals surface area contributed by atoms with Crippen molar-refractivity contribution in [3.8, 4) is 6.01 Å². The number of anilines is 1. The number of nitrogens with one attached hydrogen (secondary N) is 1. The van der Waals surface area contributed by atoms with Gasteiger partial charge < -0.3 is 14.8 Å². The second kappa shape index (κ2) is 8.37. The van der Waals surface area contributed by atoms with Crippen molar-refractivity contribution in [1.29, 1.82) is 0 Å². The normalized spacial score (nSPS) is 12.2. The van der Waals surface area contributed by atoms with Gasteiger partial charge in [0.25, 0.3) is 0 Å². The maximum absolute atomic E-state index is 5.51. The Hall–Kier alpha value is -2.32. The summed E-state index contributed by atoms with van der Waals surface area (Å²) in [4.78, 5) is 17.6. The molecule has 0 aliphatic carbocycles. The molecule has 26 heavy (non-hydrogen) atoms. The quantitative estimate of drug-likeness (QED) is 0.586. The second-order valence-corrected chi connectivity index (χ2v) is 6.68. The number of methoxy groups -OCH3 is 1. The molecule has 0 aliphatic heterocycles. The molecule has 0 saturated carbocycles. The molecule has 1 aromatic carbocycles. The molecule has 8 heteroatoms. The second-order valence-electron chi connectivity index (χ2n) is 5.77. The van der Waals surface area contributed by atoms with Gasteiger partial charge in [0.1, 0.15) is 23.5 Å². The summed E-state index contributed by atoms with van der Waals surface area (Å²) in [6.45, 7) is 4.77. The zero-order chi connectivity index (χ0) is 18.5. The molecule has 0 bridgehead atoms. The van der Waals surface area contributed by atoms with Gasteiger partial charge >= 0.3 is 6.01 Å². The van der Waals surface area contributed by atoms with Crippen molar-refractivity contribution in [1.82, 2.24) is 19.9 Å². The minimum absolute atomic E-state index is 0.0397. The Kier molecular flexibility index (Phi) is 5.95. The molecule has 1 N–H and O–H groups in total. The predicted octanol–water partition coefficient (Wildman–Crippen LogP) is 3.69. The van der Waals surface area contributed by atoms with Crippen LogP contribution in [0.1, 0.15) is 24.4 Å². The van der Waals surface area contributed by atoms with E-state index in [1.165, 1.54) is 0 Å². The van der Waals surface area contributed by atoms with Crippen LogP contribution in [0, 0.1) is 6.92 Å². The van der Waals surface area contributed by atoms with E-state index in [1.807, 2.05) is 19.1 Å². The average molecular weight is 418 g/mol. The minimum Gasteiger partial charge on any atom is -0.461 e. The standard InChI is InChI=1S/C18H20BrN5O2/c1-11(13-5-4-6-14(19)9-13)21-17-16-15(22-12(2)23-17)10-20-18(24-16)26-8-7-25-3/h4-6,9-11H,7-8H2,1-3H3,(H,21,22,23). The molecule has 0 aliphatic rings. The Bertz CT molecular complexity index is 906. The number of halogens is 1. The highest BCUT2D eigenvalue weighted by Gasteiger charge is 2.13. The molecule has 0 saturated heterocycles. The maximum Gasteiger partial charge on any atom is 0.317 e. The Morgan fingerprint density at radius 1 is 1.19 bits per heavy atom. The van der Waals surface area contributed by atoms with Crippen molar-refractivity contribution < 1.29 is 9.47 Å². The highest BCUT2D eigenvalue weighted by atomic mass is 79.9. The van der Waals surface area contributed by atoms with Crippen molar-refractivity contribution in [2.24, 2.45) is 0 Å². The third kappa shape index (κ3) is 4.44. The maximum atomic E-state index is 5.51. The predicted molar refractivity (Wildman–Crippen MR) is 103 cm³/mol. The van der Waals surface area contributed by atoms with Crippen LogP contribution >= 0.6 is 15.9 Å². The number of ether oxygens (including phenoxy) is 2. The van der Waals surface area contributed by atoms with Gasteiger partial charge in [-0.05, 0) is 31.5 Å². The van der Waals surface area contributed by atoms with Gasteiger partial charge in [0.05, 0.1) is 18.8 Å². The van der Waals surface area contributed by atoms with Crippen molar-refractivity contribution in [3.63, 3.8) is 0 Å². The van der Waals surface area contributed by atoms with E-state index in [4.69, 9.17) is 9.47 Å². The van der Waals surface area contributed by atoms with E-state index in [9.17, 15) is 0 Å². The molecular formula is C18H20BrN5O2. The van der Waals surface area contributed by atoms with E-state index in [0.717, 1.165) is 10.0 Å². The lowest BCUT2D eigenvalue weighted by Gasteiger charge is -2.17. The van der Waals surface area contributed by atoms with Crippen molar-refractivity contribution in [3.05, 3.63) is 46.3 Å². The first-order valence-electron chi connectivity index (χ1n) is 8.22. The smallest absolute Gasteiger partial charge is 0.317 e. The first-order valence-corrected chi connectivity index (χ1v) is 9.01. The van der Waals surface area contributed by atoms with E-state index in [0.29, 0.717) is 35.9 Å². The van der Waals surface area contributed by atoms with Gasteiger partial charge in [0, 0.05) is 11.6 Å². The number of hydrogen-bond donors (Lipinski definition) is 1. The van der Waals surface area contributed by atoms with E-state index < -0.39 is 0 Å². The van der Waals surface area contributed by atoms with Crippen LogP contribution in [0.2, 0.25) is 0 Å². The summed E-state index contributed by atoms with van der Waals surface area (Å²) < 4.78 is 11.5. The third-order valence-corrected chi connectivity index (χ3v) is 4.24. The molecule has 136 valence electrons. The summed E-state index contributed by atoms with van der Waals surface area (Å²) in [7, 11) is 1.62. The summed E-state index contributed by atoms with van der Waals surface area (Å²) in [5.74, 6) is 1.30. The van der Waals surface area contributed by atoms with E-state index in [2.05, 4.69) is 60.2 Å². The summed E-state index contributed by atoms with van der Waals surface area (Å²) >= 11 is 3.51. The van der Waals surface area contributed by atoms with Crippen LogP contribution in [0.25, 0.3) is 11.0 Å². The lowest BCUT2D eigenvalue weighted by atomic mass is 10.1. The number of aromatic nitrogens is 4. The van der Waals surface area contributed by atoms with Gasteiger partial charge in [-0.2, -0.15) is 4.98 Å². The molecule has 0 amide bonds. The molecule has 3 aromatic rings. The molecule has 0 spiro atoms. The molecule has 2 aromatic heterocycles. The Balaban J connectivity index is 1.91. The molecule has 0 fully saturated rings. The number of aryl methyl sites for hydroxylation is 1. The summed E-state index contributed by atoms with van der Waals surface area (Å²) in [6, 6.07) is 8.45. The van der Waals surface area contributed by atoms with Crippen molar-refractivity contribution in [2.45, 2.75) is 19.9 Å². The number of rotatable bonds is 7. The Labute approximate surface area is 160 Å². The van der Waals surface area contributed by atoms with E-state index >= 15 is 0 Å². The number of fused-ring (bicyclic) bond motifs is 1. The van der Waals surface area contributed by atoms with Gasteiger partial charge in [0.2, 0.25) is 0 Å². The average Bonchev–Trinajstić information content (AvgIpc) is 2.62. The van der Waals surface area contributed by atoms with Crippen LogP contribution in [0.4, 0.5) is 5.82 Å². The fourth-order valence-electron chi connectivity index (χ4n) is 2.48. The fraction of sp³-hybridized carbons (Fsp3) is 0.333. The minimum atomic E-state index is 0.0397. The first-order chi connectivity index (χ1) is 12.6. The van der Waals surface area contributed by atoms with Crippen LogP contribution in [0.3, 0.4) is 0 Å². The zero-order valence-corrected chi connectivity index (χ0v) is 16.4. The highest BCUT2D eigenvalue weighted by Crippen LogP contribution is 2.25. The van der Waals surface area contributed by atoms with E-state index in [-0.39, 0.29) is 12.1 Å². The lowest BCUT2D eigenvalue weighted by molar-refractivity contribution is 0.141. The van der Waals surface area contributed by atoms with Crippen LogP contribution in [-0.4, -0.2) is 40.3 Å². The van der Waals surface area contributed by atoms with Gasteiger partial charge in [-0.15, -0.1) is 0 Å². The molecule has 1 atom stereocenters. The van der Waals surface area contributed by atoms with Crippen molar-refractivity contribution in [2.75, 3.05) is 25.6 Å². The van der Waals surface area contributed by atoms with Gasteiger partial charge in [0.15, 0.2) is 5.82 Å². The number of nitrogens with zero attached hydrogens (tertiary/aromatic N) is 4. The van der Waals surface area contributed by atoms with Gasteiger partial charge in [-0.1, -0.05) is 28.1 Å². The monoisotopic (exact) mass is 417 g/mol. The largest absolute Gasteiger partial charge is 0.461 e. The molecule has 7 nitrogen and oxygen atoms in total. The summed E-state index contributed by atoms with van der Waals surface area (Å²) in [5, 5.41) is 3.42. The van der Waals surface area contributed by atoms with E-state index in [1.54, 1.807) is 13.3 Å². The molecule has 1 unspecified atom stereocenters. The van der Waals surface area contributed by atoms with Crippen LogP contribution < -0.4 is 10.1 Å². The van der Waals surface area contributed by atoms with Gasteiger partial charge in [-0.25, -0.2) is 15.0 Å². The highest BCUT2D eigenvalue weighted by molar-refractivity contribution is 9.10. The number of hydrogen-bond acceptors (Lipinski definition) is 7. The fourth-order valence-corrected chi connectivity index (χ4v) is 2.90. The number of benzene rings is 1. The Morgan fingerprint density at radius 2 is 2.04 bits per heavy atom. The van der Waals surface area contributed by atoms with Crippen molar-refractivity contribution >= 4 is 32.8 Å². The van der Waals surface area contributed by atoms with Gasteiger partial charge in [-0.3, -0.25) is 0 Å². The summed E-state index contributed by atoms with van der Waals surface area (Å²) in [5.41, 5.74) is 2.43. The Morgan fingerprint density at radius 3 is 2.81 bits per heavy atom. The molecular weight excluding hydrogens is 398 g/mol. The topological polar surface area (TPSA) is 82.0 Å². The molecule has 2 heterocycles. The molecule has 3 rings (SSSR count).